The third-order valence-electron chi connectivity index (χ3n) is 2.56. The Labute approximate surface area is 91.0 Å². The summed E-state index contributed by atoms with van der Waals surface area (Å²) in [5, 5.41) is -0.0275. The molecule has 14 heavy (non-hydrogen) atoms. The monoisotopic (exact) mass is 196 g/mol. The van der Waals surface area contributed by atoms with Crippen molar-refractivity contribution in [1.82, 2.24) is 0 Å². The number of ether oxygens (including phenoxy) is 1. The van der Waals surface area contributed by atoms with Crippen LogP contribution in [-0.2, 0) is 4.74 Å². The molecule has 0 aliphatic rings. The van der Waals surface area contributed by atoms with E-state index in [4.69, 9.17) is 12.6 Å². The van der Waals surface area contributed by atoms with E-state index < -0.39 is 0 Å². The van der Waals surface area contributed by atoms with Gasteiger partial charge in [-0.15, -0.1) is 0 Å². The molecule has 2 radical (unpaired) electrons. The molecule has 0 spiro atoms. The predicted molar refractivity (Wildman–Crippen MR) is 64.0 cm³/mol. The van der Waals surface area contributed by atoms with Crippen LogP contribution in [0.4, 0.5) is 0 Å². The van der Waals surface area contributed by atoms with Crippen molar-refractivity contribution in [3.63, 3.8) is 0 Å². The molecule has 1 nitrogen and oxygen atoms in total. The van der Waals surface area contributed by atoms with Crippen LogP contribution in [0.25, 0.3) is 0 Å². The lowest BCUT2D eigenvalue weighted by Crippen LogP contribution is -2.23. The van der Waals surface area contributed by atoms with Crippen molar-refractivity contribution in [2.75, 3.05) is 6.61 Å². The zero-order valence-electron chi connectivity index (χ0n) is 10.5. The summed E-state index contributed by atoms with van der Waals surface area (Å²) in [4.78, 5) is 0. The molecule has 0 aliphatic carbocycles. The second-order valence-corrected chi connectivity index (χ2v) is 5.41. The average Bonchev–Trinajstić information content (AvgIpc) is 2.01. The molecule has 0 heterocycles. The number of rotatable bonds is 7. The summed E-state index contributed by atoms with van der Waals surface area (Å²) in [7, 11) is 5.89. The van der Waals surface area contributed by atoms with Crippen molar-refractivity contribution < 1.29 is 4.74 Å². The molecule has 0 saturated heterocycles. The Balaban J connectivity index is 3.39. The summed E-state index contributed by atoms with van der Waals surface area (Å²) >= 11 is 0. The molecule has 0 amide bonds. The van der Waals surface area contributed by atoms with Gasteiger partial charge in [0.15, 0.2) is 0 Å². The lowest BCUT2D eigenvalue weighted by atomic mass is 9.69. The topological polar surface area (TPSA) is 9.23 Å². The van der Waals surface area contributed by atoms with Crippen molar-refractivity contribution in [2.45, 2.75) is 71.2 Å². The van der Waals surface area contributed by atoms with E-state index in [0.717, 1.165) is 32.3 Å². The molecule has 0 rings (SSSR count). The van der Waals surface area contributed by atoms with Crippen LogP contribution in [0.3, 0.4) is 0 Å². The van der Waals surface area contributed by atoms with Crippen LogP contribution in [0.2, 0.25) is 5.31 Å². The largest absolute Gasteiger partial charge is 0.376 e. The lowest BCUT2D eigenvalue weighted by molar-refractivity contribution is -0.0217. The minimum atomic E-state index is -0.0275. The summed E-state index contributed by atoms with van der Waals surface area (Å²) in [6, 6.07) is 0. The Kier molecular flexibility index (Phi) is 5.81. The number of hydrogen-bond acceptors (Lipinski definition) is 1. The molecule has 0 fully saturated rings. The average molecular weight is 196 g/mol. The van der Waals surface area contributed by atoms with Crippen LogP contribution in [0.5, 0.6) is 0 Å². The summed E-state index contributed by atoms with van der Waals surface area (Å²) in [6.45, 7) is 11.4. The van der Waals surface area contributed by atoms with Gasteiger partial charge >= 0.3 is 0 Å². The van der Waals surface area contributed by atoms with E-state index >= 15 is 0 Å². The first-order valence-electron chi connectivity index (χ1n) is 5.70. The van der Waals surface area contributed by atoms with Gasteiger partial charge in [-0.05, 0) is 26.7 Å². The molecule has 0 N–H and O–H groups in total. The van der Waals surface area contributed by atoms with Crippen LogP contribution < -0.4 is 0 Å². The van der Waals surface area contributed by atoms with E-state index in [2.05, 4.69) is 34.6 Å². The fourth-order valence-electron chi connectivity index (χ4n) is 1.13. The van der Waals surface area contributed by atoms with E-state index in [-0.39, 0.29) is 10.9 Å². The Morgan fingerprint density at radius 3 is 2.07 bits per heavy atom. The zero-order chi connectivity index (χ0) is 11.2. The molecule has 0 aliphatic heterocycles. The van der Waals surface area contributed by atoms with E-state index in [9.17, 15) is 0 Å². The molecular formula is C12H25BO. The first kappa shape index (κ1) is 14.0. The minimum Gasteiger partial charge on any atom is -0.376 e. The van der Waals surface area contributed by atoms with Crippen molar-refractivity contribution in [3.05, 3.63) is 0 Å². The van der Waals surface area contributed by atoms with E-state index in [1.165, 1.54) is 0 Å². The molecule has 0 unspecified atom stereocenters. The summed E-state index contributed by atoms with van der Waals surface area (Å²) < 4.78 is 5.75. The van der Waals surface area contributed by atoms with Crippen molar-refractivity contribution in [1.29, 1.82) is 0 Å². The van der Waals surface area contributed by atoms with Crippen LogP contribution >= 0.6 is 0 Å². The molecule has 0 atom stereocenters. The van der Waals surface area contributed by atoms with Gasteiger partial charge in [-0.25, -0.2) is 0 Å². The van der Waals surface area contributed by atoms with E-state index in [1.54, 1.807) is 0 Å². The predicted octanol–water partition coefficient (Wildman–Crippen LogP) is 3.73. The molecule has 2 heteroatoms. The van der Waals surface area contributed by atoms with Crippen LogP contribution in [-0.4, -0.2) is 20.1 Å². The maximum Gasteiger partial charge on any atom is 0.0738 e. The molecular weight excluding hydrogens is 171 g/mol. The van der Waals surface area contributed by atoms with Crippen LogP contribution in [0.15, 0.2) is 0 Å². The molecule has 82 valence electrons. The third kappa shape index (κ3) is 8.62. The number of hydrogen-bond donors (Lipinski definition) is 0. The smallest absolute Gasteiger partial charge is 0.0738 e. The highest BCUT2D eigenvalue weighted by molar-refractivity contribution is 6.14. The van der Waals surface area contributed by atoms with Gasteiger partial charge in [-0.3, -0.25) is 0 Å². The first-order valence-corrected chi connectivity index (χ1v) is 5.70. The summed E-state index contributed by atoms with van der Waals surface area (Å²) in [6.07, 6.45) is 4.41. The zero-order valence-corrected chi connectivity index (χ0v) is 10.5. The SMILES string of the molecule is [B]C(C)(C)CCCCOC(C)(C)CC. The Morgan fingerprint density at radius 2 is 1.64 bits per heavy atom. The van der Waals surface area contributed by atoms with Crippen molar-refractivity contribution >= 4 is 7.85 Å². The molecule has 0 bridgehead atoms. The maximum absolute atomic E-state index is 5.89. The quantitative estimate of drug-likeness (QED) is 0.445. The Morgan fingerprint density at radius 1 is 1.07 bits per heavy atom. The first-order chi connectivity index (χ1) is 6.27. The molecule has 0 aromatic rings. The van der Waals surface area contributed by atoms with Gasteiger partial charge in [-0.2, -0.15) is 0 Å². The van der Waals surface area contributed by atoms with Gasteiger partial charge in [0.25, 0.3) is 0 Å². The Hall–Kier alpha value is 0.0249. The van der Waals surface area contributed by atoms with Gasteiger partial charge in [0.1, 0.15) is 0 Å². The molecule has 0 aromatic heterocycles. The third-order valence-corrected chi connectivity index (χ3v) is 2.56. The maximum atomic E-state index is 5.89. The Bertz CT molecular complexity index is 147. The fraction of sp³-hybridized carbons (Fsp3) is 1.00. The second kappa shape index (κ2) is 5.80. The molecule has 0 aromatic carbocycles. The summed E-state index contributed by atoms with van der Waals surface area (Å²) in [5.74, 6) is 0. The lowest BCUT2D eigenvalue weighted by Gasteiger charge is -2.24. The van der Waals surface area contributed by atoms with Gasteiger partial charge in [0, 0.05) is 6.61 Å². The highest BCUT2D eigenvalue weighted by Crippen LogP contribution is 2.26. The van der Waals surface area contributed by atoms with Gasteiger partial charge in [0.2, 0.25) is 0 Å². The van der Waals surface area contributed by atoms with Gasteiger partial charge < -0.3 is 4.74 Å². The van der Waals surface area contributed by atoms with Crippen LogP contribution in [0.1, 0.15) is 60.3 Å². The van der Waals surface area contributed by atoms with E-state index in [1.807, 2.05) is 0 Å². The number of unbranched alkanes of at least 4 members (excludes halogenated alkanes) is 1. The fourth-order valence-corrected chi connectivity index (χ4v) is 1.13. The second-order valence-electron chi connectivity index (χ2n) is 5.41. The summed E-state index contributed by atoms with van der Waals surface area (Å²) in [5.41, 5.74) is 0.0399. The van der Waals surface area contributed by atoms with Gasteiger partial charge in [0.05, 0.1) is 13.4 Å². The minimum absolute atomic E-state index is 0.0275. The van der Waals surface area contributed by atoms with Crippen LogP contribution in [0, 0.1) is 0 Å². The van der Waals surface area contributed by atoms with Gasteiger partial charge in [-0.1, -0.05) is 38.9 Å². The highest BCUT2D eigenvalue weighted by atomic mass is 16.5. The standard InChI is InChI=1S/C12H25BO/c1-6-12(4,5)14-10-8-7-9-11(2,3)13/h6-10H2,1-5H3. The van der Waals surface area contributed by atoms with E-state index in [0.29, 0.717) is 0 Å². The van der Waals surface area contributed by atoms with Crippen molar-refractivity contribution in [3.8, 4) is 0 Å². The molecule has 0 saturated carbocycles. The van der Waals surface area contributed by atoms with Crippen molar-refractivity contribution in [2.24, 2.45) is 0 Å². The highest BCUT2D eigenvalue weighted by Gasteiger charge is 2.14. The normalized spacial score (nSPS) is 13.2.